The highest BCUT2D eigenvalue weighted by Crippen LogP contribution is 2.25. The van der Waals surface area contributed by atoms with Gasteiger partial charge in [0.05, 0.1) is 12.1 Å². The minimum absolute atomic E-state index is 0.265. The second-order valence-corrected chi connectivity index (χ2v) is 5.11. The van der Waals surface area contributed by atoms with Gasteiger partial charge in [-0.2, -0.15) is 0 Å². The first-order chi connectivity index (χ1) is 9.11. The summed E-state index contributed by atoms with van der Waals surface area (Å²) in [5.41, 5.74) is 6.75. The van der Waals surface area contributed by atoms with E-state index in [4.69, 9.17) is 14.6 Å². The van der Waals surface area contributed by atoms with Gasteiger partial charge >= 0.3 is 0 Å². The van der Waals surface area contributed by atoms with Crippen molar-refractivity contribution in [1.29, 1.82) is 0 Å². The molecule has 6 heteroatoms. The molecule has 0 bridgehead atoms. The van der Waals surface area contributed by atoms with E-state index in [2.05, 4.69) is 15.1 Å². The Morgan fingerprint density at radius 2 is 2.21 bits per heavy atom. The number of nitrogens with zero attached hydrogens (tertiary/aromatic N) is 3. The van der Waals surface area contributed by atoms with Crippen molar-refractivity contribution in [3.05, 3.63) is 23.5 Å². The van der Waals surface area contributed by atoms with E-state index < -0.39 is 0 Å². The molecule has 6 nitrogen and oxygen atoms in total. The summed E-state index contributed by atoms with van der Waals surface area (Å²) in [6.45, 7) is 6.34. The number of hydrogen-bond acceptors (Lipinski definition) is 6. The van der Waals surface area contributed by atoms with E-state index in [-0.39, 0.29) is 6.04 Å². The predicted octanol–water partition coefficient (Wildman–Crippen LogP) is 1.48. The van der Waals surface area contributed by atoms with Crippen LogP contribution in [0.1, 0.15) is 23.8 Å². The van der Waals surface area contributed by atoms with Gasteiger partial charge < -0.3 is 14.6 Å². The minimum atomic E-state index is 0.265. The molecule has 2 aromatic rings. The number of rotatable bonds is 3. The molecule has 0 spiro atoms. The van der Waals surface area contributed by atoms with E-state index in [1.165, 1.54) is 0 Å². The average Bonchev–Trinajstić information content (AvgIpc) is 3.02. The smallest absolute Gasteiger partial charge is 0.251 e. The zero-order valence-electron chi connectivity index (χ0n) is 11.2. The zero-order valence-corrected chi connectivity index (χ0v) is 11.2. The van der Waals surface area contributed by atoms with Gasteiger partial charge in [-0.15, -0.1) is 10.2 Å². The van der Waals surface area contributed by atoms with Crippen LogP contribution in [0.5, 0.6) is 0 Å². The Labute approximate surface area is 111 Å². The van der Waals surface area contributed by atoms with E-state index in [0.717, 1.165) is 36.6 Å². The first kappa shape index (κ1) is 12.4. The van der Waals surface area contributed by atoms with Gasteiger partial charge in [0.1, 0.15) is 11.5 Å². The van der Waals surface area contributed by atoms with Crippen molar-refractivity contribution in [2.24, 2.45) is 5.73 Å². The van der Waals surface area contributed by atoms with Gasteiger partial charge in [-0.25, -0.2) is 0 Å². The fraction of sp³-hybridized carbons (Fsp3) is 0.538. The summed E-state index contributed by atoms with van der Waals surface area (Å²) < 4.78 is 11.2. The fourth-order valence-corrected chi connectivity index (χ4v) is 2.47. The summed E-state index contributed by atoms with van der Waals surface area (Å²) in [6.07, 6.45) is 1.03. The molecule has 0 unspecified atom stereocenters. The van der Waals surface area contributed by atoms with Crippen LogP contribution < -0.4 is 5.73 Å². The maximum atomic E-state index is 5.88. The van der Waals surface area contributed by atoms with Gasteiger partial charge in [0.2, 0.25) is 5.89 Å². The normalized spacial score (nSPS) is 20.3. The van der Waals surface area contributed by atoms with Crippen molar-refractivity contribution in [3.63, 3.8) is 0 Å². The van der Waals surface area contributed by atoms with Gasteiger partial charge in [0.15, 0.2) is 0 Å². The molecule has 0 aliphatic carbocycles. The summed E-state index contributed by atoms with van der Waals surface area (Å²) in [5.74, 6) is 2.80. The Morgan fingerprint density at radius 1 is 1.37 bits per heavy atom. The van der Waals surface area contributed by atoms with E-state index in [0.29, 0.717) is 18.3 Å². The number of furan rings is 1. The second kappa shape index (κ2) is 4.79. The third kappa shape index (κ3) is 2.54. The van der Waals surface area contributed by atoms with Gasteiger partial charge in [0, 0.05) is 19.1 Å². The van der Waals surface area contributed by atoms with Crippen LogP contribution in [0.25, 0.3) is 11.5 Å². The first-order valence-corrected chi connectivity index (χ1v) is 6.49. The van der Waals surface area contributed by atoms with Crippen LogP contribution in [0, 0.1) is 13.8 Å². The summed E-state index contributed by atoms with van der Waals surface area (Å²) in [7, 11) is 0. The van der Waals surface area contributed by atoms with Gasteiger partial charge in [-0.3, -0.25) is 4.90 Å². The highest BCUT2D eigenvalue weighted by Gasteiger charge is 2.22. The van der Waals surface area contributed by atoms with Gasteiger partial charge in [-0.1, -0.05) is 0 Å². The molecule has 2 N–H and O–H groups in total. The van der Waals surface area contributed by atoms with Crippen molar-refractivity contribution in [1.82, 2.24) is 15.1 Å². The quantitative estimate of drug-likeness (QED) is 0.902. The standard InChI is InChI=1S/C13H18N4O2/c1-8-5-11(9(2)18-8)13-16-15-12(19-13)7-17-4-3-10(14)6-17/h5,10H,3-4,6-7,14H2,1-2H3/t10-/m1/s1. The third-order valence-corrected chi connectivity index (χ3v) is 3.41. The monoisotopic (exact) mass is 262 g/mol. The molecule has 2 aromatic heterocycles. The summed E-state index contributed by atoms with van der Waals surface area (Å²) in [5, 5.41) is 8.18. The molecular formula is C13H18N4O2. The molecule has 102 valence electrons. The number of nitrogens with two attached hydrogens (primary N) is 1. The number of aryl methyl sites for hydroxylation is 2. The predicted molar refractivity (Wildman–Crippen MR) is 69.3 cm³/mol. The highest BCUT2D eigenvalue weighted by molar-refractivity contribution is 5.55. The van der Waals surface area contributed by atoms with Crippen LogP contribution >= 0.6 is 0 Å². The SMILES string of the molecule is Cc1cc(-c2nnc(CN3CC[C@@H](N)C3)o2)c(C)o1. The summed E-state index contributed by atoms with van der Waals surface area (Å²) >= 11 is 0. The van der Waals surface area contributed by atoms with Crippen molar-refractivity contribution >= 4 is 0 Å². The van der Waals surface area contributed by atoms with Crippen molar-refractivity contribution < 1.29 is 8.83 Å². The highest BCUT2D eigenvalue weighted by atomic mass is 16.4. The molecular weight excluding hydrogens is 244 g/mol. The van der Waals surface area contributed by atoms with Crippen LogP contribution in [-0.4, -0.2) is 34.2 Å². The lowest BCUT2D eigenvalue weighted by Crippen LogP contribution is -2.26. The molecule has 0 radical (unpaired) electrons. The van der Waals surface area contributed by atoms with Crippen LogP contribution in [0.2, 0.25) is 0 Å². The maximum Gasteiger partial charge on any atom is 0.251 e. The summed E-state index contributed by atoms with van der Waals surface area (Å²) in [4.78, 5) is 2.23. The Balaban J connectivity index is 1.74. The molecule has 0 aromatic carbocycles. The fourth-order valence-electron chi connectivity index (χ4n) is 2.47. The van der Waals surface area contributed by atoms with Crippen LogP contribution in [-0.2, 0) is 6.54 Å². The Bertz CT molecular complexity index is 575. The lowest BCUT2D eigenvalue weighted by molar-refractivity contribution is 0.289. The average molecular weight is 262 g/mol. The Kier molecular flexibility index (Phi) is 3.12. The minimum Gasteiger partial charge on any atom is -0.466 e. The Hall–Kier alpha value is -1.66. The van der Waals surface area contributed by atoms with Gasteiger partial charge in [0.25, 0.3) is 5.89 Å². The van der Waals surface area contributed by atoms with Crippen LogP contribution in [0.15, 0.2) is 14.9 Å². The second-order valence-electron chi connectivity index (χ2n) is 5.11. The van der Waals surface area contributed by atoms with Gasteiger partial charge in [-0.05, 0) is 26.3 Å². The van der Waals surface area contributed by atoms with Crippen LogP contribution in [0.4, 0.5) is 0 Å². The van der Waals surface area contributed by atoms with Crippen molar-refractivity contribution in [2.45, 2.75) is 32.9 Å². The molecule has 19 heavy (non-hydrogen) atoms. The number of likely N-dealkylation sites (tertiary alicyclic amines) is 1. The molecule has 0 saturated carbocycles. The topological polar surface area (TPSA) is 81.3 Å². The molecule has 1 atom stereocenters. The summed E-state index contributed by atoms with van der Waals surface area (Å²) in [6, 6.07) is 2.18. The van der Waals surface area contributed by atoms with Crippen LogP contribution in [0.3, 0.4) is 0 Å². The molecule has 1 fully saturated rings. The maximum absolute atomic E-state index is 5.88. The lowest BCUT2D eigenvalue weighted by Gasteiger charge is -2.11. The largest absolute Gasteiger partial charge is 0.466 e. The number of aromatic nitrogens is 2. The Morgan fingerprint density at radius 3 is 2.84 bits per heavy atom. The molecule has 0 amide bonds. The zero-order chi connectivity index (χ0) is 13.4. The van der Waals surface area contributed by atoms with E-state index in [9.17, 15) is 0 Å². The molecule has 3 heterocycles. The molecule has 1 saturated heterocycles. The first-order valence-electron chi connectivity index (χ1n) is 6.49. The molecule has 1 aliphatic rings. The van der Waals surface area contributed by atoms with E-state index >= 15 is 0 Å². The van der Waals surface area contributed by atoms with E-state index in [1.54, 1.807) is 0 Å². The number of hydrogen-bond donors (Lipinski definition) is 1. The third-order valence-electron chi connectivity index (χ3n) is 3.41. The lowest BCUT2D eigenvalue weighted by atomic mass is 10.2. The molecule has 3 rings (SSSR count). The van der Waals surface area contributed by atoms with Crippen molar-refractivity contribution in [3.8, 4) is 11.5 Å². The molecule has 1 aliphatic heterocycles. The van der Waals surface area contributed by atoms with E-state index in [1.807, 2.05) is 19.9 Å². The van der Waals surface area contributed by atoms with Crippen molar-refractivity contribution in [2.75, 3.05) is 13.1 Å².